The second-order valence-corrected chi connectivity index (χ2v) is 5.94. The first-order valence-corrected chi connectivity index (χ1v) is 8.52. The molecule has 1 aliphatic heterocycles. The molecule has 9 nitrogen and oxygen atoms in total. The van der Waals surface area contributed by atoms with Gasteiger partial charge in [0.05, 0.1) is 12.7 Å². The maximum atomic E-state index is 11.4. The molecular formula is C18H23N3O6. The molecule has 0 radical (unpaired) electrons. The van der Waals surface area contributed by atoms with Crippen molar-refractivity contribution in [1.82, 2.24) is 14.9 Å². The van der Waals surface area contributed by atoms with Crippen molar-refractivity contribution < 1.29 is 19.7 Å². The van der Waals surface area contributed by atoms with E-state index in [1.165, 1.54) is 22.4 Å². The molecule has 0 aliphatic carbocycles. The number of carbonyl (C=O) groups is 1. The van der Waals surface area contributed by atoms with Crippen LogP contribution in [0.15, 0.2) is 52.2 Å². The number of nitrogens with one attached hydrogen (secondary N) is 2. The van der Waals surface area contributed by atoms with Gasteiger partial charge in [0.25, 0.3) is 5.56 Å². The number of rotatable bonds is 6. The largest absolute Gasteiger partial charge is 0.394 e. The Kier molecular flexibility index (Phi) is 7.93. The number of carbonyl (C=O) groups excluding carboxylic acids is 1. The first-order valence-electron chi connectivity index (χ1n) is 8.52. The summed E-state index contributed by atoms with van der Waals surface area (Å²) >= 11 is 0. The SMILES string of the molecule is O=CNCCc1ccccc1.O=c1ccn([C@H]2C[C@H](O)[C@@H](CO)O2)c(=O)[nH]1. The number of hydrogen-bond acceptors (Lipinski definition) is 6. The summed E-state index contributed by atoms with van der Waals surface area (Å²) < 4.78 is 6.45. The summed E-state index contributed by atoms with van der Waals surface area (Å²) in [5, 5.41) is 21.0. The summed E-state index contributed by atoms with van der Waals surface area (Å²) in [7, 11) is 0. The molecule has 27 heavy (non-hydrogen) atoms. The number of hydrogen-bond donors (Lipinski definition) is 4. The molecule has 1 fully saturated rings. The van der Waals surface area contributed by atoms with Gasteiger partial charge in [-0.2, -0.15) is 0 Å². The second kappa shape index (κ2) is 10.4. The molecule has 1 saturated heterocycles. The molecule has 0 saturated carbocycles. The Labute approximate surface area is 155 Å². The van der Waals surface area contributed by atoms with Crippen LogP contribution in [0.3, 0.4) is 0 Å². The van der Waals surface area contributed by atoms with Crippen LogP contribution in [0, 0.1) is 0 Å². The van der Waals surface area contributed by atoms with Gasteiger partial charge in [0.2, 0.25) is 6.41 Å². The third-order valence-corrected chi connectivity index (χ3v) is 4.03. The minimum atomic E-state index is -0.811. The van der Waals surface area contributed by atoms with E-state index in [4.69, 9.17) is 9.84 Å². The fraction of sp³-hybridized carbons (Fsp3) is 0.389. The zero-order valence-corrected chi connectivity index (χ0v) is 14.7. The second-order valence-electron chi connectivity index (χ2n) is 5.94. The monoisotopic (exact) mass is 377 g/mol. The molecule has 1 aromatic carbocycles. The standard InChI is InChI=1S/C9H12N2O5.C9H11NO/c12-4-6-5(13)3-8(16-6)11-2-1-7(14)10-9(11)15;11-8-10-7-6-9-4-2-1-3-5-9/h1-2,5-6,8,12-13H,3-4H2,(H,10,14,15);1-5,8H,6-7H2,(H,10,11)/t5-,6+,8+;/m0./s1. The Morgan fingerprint density at radius 3 is 2.59 bits per heavy atom. The molecular weight excluding hydrogens is 354 g/mol. The fourth-order valence-electron chi connectivity index (χ4n) is 2.62. The molecule has 1 aliphatic rings. The predicted octanol–water partition coefficient (Wildman–Crippen LogP) is -0.848. The number of nitrogens with zero attached hydrogens (tertiary/aromatic N) is 1. The molecule has 3 atom stereocenters. The van der Waals surface area contributed by atoms with Gasteiger partial charge < -0.3 is 20.3 Å². The van der Waals surface area contributed by atoms with E-state index in [9.17, 15) is 19.5 Å². The highest BCUT2D eigenvalue weighted by atomic mass is 16.5. The van der Waals surface area contributed by atoms with Crippen LogP contribution < -0.4 is 16.6 Å². The first kappa shape index (κ1) is 20.6. The van der Waals surface area contributed by atoms with Crippen LogP contribution in [0.25, 0.3) is 0 Å². The number of amides is 1. The molecule has 0 bridgehead atoms. The van der Waals surface area contributed by atoms with Gasteiger partial charge >= 0.3 is 5.69 Å². The zero-order chi connectivity index (χ0) is 19.6. The number of aromatic nitrogens is 2. The predicted molar refractivity (Wildman–Crippen MR) is 97.2 cm³/mol. The Hall–Kier alpha value is -2.75. The fourth-order valence-corrected chi connectivity index (χ4v) is 2.62. The molecule has 0 unspecified atom stereocenters. The first-order chi connectivity index (χ1) is 13.0. The van der Waals surface area contributed by atoms with E-state index in [1.54, 1.807) is 0 Å². The van der Waals surface area contributed by atoms with E-state index in [-0.39, 0.29) is 13.0 Å². The van der Waals surface area contributed by atoms with E-state index in [0.717, 1.165) is 12.8 Å². The molecule has 146 valence electrons. The van der Waals surface area contributed by atoms with Crippen LogP contribution in [0.4, 0.5) is 0 Å². The smallest absolute Gasteiger partial charge is 0.330 e. The van der Waals surface area contributed by atoms with Crippen molar-refractivity contribution in [3.63, 3.8) is 0 Å². The minimum absolute atomic E-state index is 0.206. The summed E-state index contributed by atoms with van der Waals surface area (Å²) in [6, 6.07) is 11.3. The number of aliphatic hydroxyl groups is 2. The average Bonchev–Trinajstić information content (AvgIpc) is 3.04. The molecule has 0 spiro atoms. The van der Waals surface area contributed by atoms with Crippen molar-refractivity contribution >= 4 is 6.41 Å². The third kappa shape index (κ3) is 6.17. The quantitative estimate of drug-likeness (QED) is 0.383. The molecule has 2 aromatic rings. The van der Waals surface area contributed by atoms with E-state index in [1.807, 2.05) is 30.3 Å². The van der Waals surface area contributed by atoms with Crippen LogP contribution in [0.2, 0.25) is 0 Å². The lowest BCUT2D eigenvalue weighted by molar-refractivity contribution is -0.109. The lowest BCUT2D eigenvalue weighted by Gasteiger charge is -2.13. The van der Waals surface area contributed by atoms with E-state index in [0.29, 0.717) is 6.54 Å². The van der Waals surface area contributed by atoms with E-state index < -0.39 is 29.7 Å². The lowest BCUT2D eigenvalue weighted by atomic mass is 10.2. The van der Waals surface area contributed by atoms with Crippen molar-refractivity contribution in [1.29, 1.82) is 0 Å². The highest BCUT2D eigenvalue weighted by molar-refractivity contribution is 5.45. The Bertz CT molecular complexity index is 820. The zero-order valence-electron chi connectivity index (χ0n) is 14.7. The van der Waals surface area contributed by atoms with E-state index in [2.05, 4.69) is 10.3 Å². The third-order valence-electron chi connectivity index (χ3n) is 4.03. The highest BCUT2D eigenvalue weighted by Crippen LogP contribution is 2.26. The van der Waals surface area contributed by atoms with Gasteiger partial charge in [-0.25, -0.2) is 4.79 Å². The van der Waals surface area contributed by atoms with Crippen molar-refractivity contribution in [3.05, 3.63) is 69.0 Å². The van der Waals surface area contributed by atoms with Gasteiger partial charge in [-0.3, -0.25) is 19.1 Å². The highest BCUT2D eigenvalue weighted by Gasteiger charge is 2.34. The van der Waals surface area contributed by atoms with Gasteiger partial charge in [0.15, 0.2) is 0 Å². The number of H-pyrrole nitrogens is 1. The van der Waals surface area contributed by atoms with Crippen LogP contribution >= 0.6 is 0 Å². The molecule has 1 aromatic heterocycles. The Balaban J connectivity index is 0.000000208. The molecule has 2 heterocycles. The minimum Gasteiger partial charge on any atom is -0.394 e. The summed E-state index contributed by atoms with van der Waals surface area (Å²) in [5.74, 6) is 0. The van der Waals surface area contributed by atoms with Gasteiger partial charge in [-0.15, -0.1) is 0 Å². The summed E-state index contributed by atoms with van der Waals surface area (Å²) in [6.45, 7) is 0.406. The molecule has 1 amide bonds. The topological polar surface area (TPSA) is 134 Å². The van der Waals surface area contributed by atoms with Crippen LogP contribution in [-0.4, -0.2) is 51.5 Å². The van der Waals surface area contributed by atoms with Crippen molar-refractivity contribution in [2.45, 2.75) is 31.3 Å². The van der Waals surface area contributed by atoms with Crippen molar-refractivity contribution in [3.8, 4) is 0 Å². The van der Waals surface area contributed by atoms with Crippen LogP contribution in [-0.2, 0) is 16.0 Å². The Morgan fingerprint density at radius 1 is 1.26 bits per heavy atom. The van der Waals surface area contributed by atoms with Gasteiger partial charge in [-0.1, -0.05) is 30.3 Å². The number of ether oxygens (including phenoxy) is 1. The normalized spacial score (nSPS) is 21.2. The molecule has 9 heteroatoms. The van der Waals surface area contributed by atoms with Gasteiger partial charge in [-0.05, 0) is 12.0 Å². The summed E-state index contributed by atoms with van der Waals surface area (Å²) in [4.78, 5) is 34.2. The Morgan fingerprint density at radius 2 is 2.00 bits per heavy atom. The summed E-state index contributed by atoms with van der Waals surface area (Å²) in [5.41, 5.74) is 0.170. The number of benzene rings is 1. The van der Waals surface area contributed by atoms with Gasteiger partial charge in [0.1, 0.15) is 12.3 Å². The average molecular weight is 377 g/mol. The van der Waals surface area contributed by atoms with E-state index >= 15 is 0 Å². The van der Waals surface area contributed by atoms with Crippen molar-refractivity contribution in [2.24, 2.45) is 0 Å². The number of aromatic amines is 1. The van der Waals surface area contributed by atoms with Crippen molar-refractivity contribution in [2.75, 3.05) is 13.2 Å². The molecule has 4 N–H and O–H groups in total. The van der Waals surface area contributed by atoms with Gasteiger partial charge in [0, 0.05) is 25.2 Å². The molecule has 3 rings (SSSR count). The van der Waals surface area contributed by atoms with Crippen LogP contribution in [0.1, 0.15) is 18.2 Å². The lowest BCUT2D eigenvalue weighted by Crippen LogP contribution is -2.31. The summed E-state index contributed by atoms with van der Waals surface area (Å²) in [6.07, 6.45) is 0.979. The maximum absolute atomic E-state index is 11.4. The maximum Gasteiger partial charge on any atom is 0.330 e. The van der Waals surface area contributed by atoms with Crippen LogP contribution in [0.5, 0.6) is 0 Å². The number of aliphatic hydroxyl groups excluding tert-OH is 2.